The van der Waals surface area contributed by atoms with Gasteiger partial charge in [-0.05, 0) is 24.1 Å². The third kappa shape index (κ3) is 8.29. The second-order valence-corrected chi connectivity index (χ2v) is 5.98. The zero-order valence-corrected chi connectivity index (χ0v) is 13.9. The number of phenolic OH excluding ortho intramolecular Hbond substituents is 1. The maximum atomic E-state index is 9.62. The van der Waals surface area contributed by atoms with Crippen LogP contribution in [-0.2, 0) is 6.42 Å². The maximum Gasteiger partial charge on any atom is 0.115 e. The smallest absolute Gasteiger partial charge is 0.115 e. The highest BCUT2D eigenvalue weighted by Crippen LogP contribution is 2.12. The van der Waals surface area contributed by atoms with E-state index in [2.05, 4.69) is 32.7 Å². The molecule has 0 aromatic heterocycles. The molecule has 0 spiro atoms. The van der Waals surface area contributed by atoms with Crippen molar-refractivity contribution >= 4 is 0 Å². The van der Waals surface area contributed by atoms with E-state index in [0.29, 0.717) is 11.8 Å². The summed E-state index contributed by atoms with van der Waals surface area (Å²) in [6.45, 7) is 8.82. The van der Waals surface area contributed by atoms with Crippen LogP contribution in [0, 0.1) is 0 Å². The average Bonchev–Trinajstić information content (AvgIpc) is 2.55. The highest BCUT2D eigenvalue weighted by atomic mass is 16.3. The Bertz CT molecular complexity index is 413. The molecular weight excluding hydrogens is 290 g/mol. The van der Waals surface area contributed by atoms with Crippen LogP contribution in [0.2, 0.25) is 0 Å². The predicted molar refractivity (Wildman–Crippen MR) is 95.1 cm³/mol. The minimum Gasteiger partial charge on any atom is -0.508 e. The zero-order valence-electron chi connectivity index (χ0n) is 13.9. The molecule has 2 rings (SSSR count). The second kappa shape index (κ2) is 11.4. The summed E-state index contributed by atoms with van der Waals surface area (Å²) in [6, 6.07) is 7.91. The van der Waals surface area contributed by atoms with Gasteiger partial charge in [-0.25, -0.2) is 0 Å². The minimum atomic E-state index is 0.339. The van der Waals surface area contributed by atoms with E-state index >= 15 is 0 Å². The van der Waals surface area contributed by atoms with Crippen molar-refractivity contribution in [2.75, 3.05) is 58.9 Å². The van der Waals surface area contributed by atoms with Gasteiger partial charge in [0, 0.05) is 64.9 Å². The molecule has 1 aliphatic heterocycles. The van der Waals surface area contributed by atoms with Crippen molar-refractivity contribution in [1.82, 2.24) is 26.6 Å². The van der Waals surface area contributed by atoms with Gasteiger partial charge in [0.1, 0.15) is 5.75 Å². The predicted octanol–water partition coefficient (Wildman–Crippen LogP) is -0.735. The van der Waals surface area contributed by atoms with Crippen molar-refractivity contribution in [3.8, 4) is 5.75 Å². The summed E-state index contributed by atoms with van der Waals surface area (Å²) in [6.07, 6.45) is 0.913. The van der Waals surface area contributed by atoms with Gasteiger partial charge in [0.15, 0.2) is 0 Å². The van der Waals surface area contributed by atoms with Gasteiger partial charge >= 0.3 is 0 Å². The maximum absolute atomic E-state index is 9.62. The van der Waals surface area contributed by atoms with E-state index in [4.69, 9.17) is 0 Å². The van der Waals surface area contributed by atoms with Crippen molar-refractivity contribution in [2.45, 2.75) is 12.5 Å². The third-order valence-electron chi connectivity index (χ3n) is 3.95. The van der Waals surface area contributed by atoms with Crippen molar-refractivity contribution < 1.29 is 5.11 Å². The molecule has 1 heterocycles. The Morgan fingerprint density at radius 1 is 0.826 bits per heavy atom. The van der Waals surface area contributed by atoms with Gasteiger partial charge in [0.05, 0.1) is 0 Å². The van der Waals surface area contributed by atoms with Gasteiger partial charge in [-0.1, -0.05) is 12.1 Å². The summed E-state index contributed by atoms with van der Waals surface area (Å²) < 4.78 is 0. The zero-order chi connectivity index (χ0) is 16.2. The quantitative estimate of drug-likeness (QED) is 0.431. The molecule has 0 aliphatic carbocycles. The van der Waals surface area contributed by atoms with Crippen LogP contribution in [0.25, 0.3) is 0 Å². The van der Waals surface area contributed by atoms with Crippen LogP contribution in [0.5, 0.6) is 5.75 Å². The first-order valence-corrected chi connectivity index (χ1v) is 8.69. The van der Waals surface area contributed by atoms with Crippen molar-refractivity contribution in [3.05, 3.63) is 29.8 Å². The topological polar surface area (TPSA) is 80.4 Å². The number of aromatic hydroxyl groups is 1. The molecule has 23 heavy (non-hydrogen) atoms. The lowest BCUT2D eigenvalue weighted by molar-refractivity contribution is 0.458. The monoisotopic (exact) mass is 321 g/mol. The Kier molecular flexibility index (Phi) is 8.98. The first-order valence-electron chi connectivity index (χ1n) is 8.69. The van der Waals surface area contributed by atoms with Crippen molar-refractivity contribution in [2.24, 2.45) is 0 Å². The Hall–Kier alpha value is -1.18. The molecule has 1 aliphatic rings. The number of hydrogen-bond donors (Lipinski definition) is 6. The Balaban J connectivity index is 1.81. The Morgan fingerprint density at radius 2 is 1.43 bits per heavy atom. The molecule has 1 aromatic carbocycles. The van der Waals surface area contributed by atoms with E-state index in [1.165, 1.54) is 0 Å². The normalized spacial score (nSPS) is 22.9. The number of benzene rings is 1. The molecule has 6 N–H and O–H groups in total. The van der Waals surface area contributed by atoms with Gasteiger partial charge in [-0.3, -0.25) is 0 Å². The van der Waals surface area contributed by atoms with Crippen molar-refractivity contribution in [3.63, 3.8) is 0 Å². The van der Waals surface area contributed by atoms with E-state index < -0.39 is 0 Å². The van der Waals surface area contributed by atoms with Crippen LogP contribution in [0.4, 0.5) is 0 Å². The van der Waals surface area contributed by atoms with Gasteiger partial charge in [-0.15, -0.1) is 0 Å². The van der Waals surface area contributed by atoms with Gasteiger partial charge in [0.25, 0.3) is 0 Å². The van der Waals surface area contributed by atoms with E-state index in [-0.39, 0.29) is 0 Å². The molecule has 1 unspecified atom stereocenters. The van der Waals surface area contributed by atoms with Crippen LogP contribution in [0.15, 0.2) is 24.3 Å². The molecule has 0 bridgehead atoms. The Labute approximate surface area is 139 Å². The fourth-order valence-corrected chi connectivity index (χ4v) is 2.73. The fraction of sp³-hybridized carbons (Fsp3) is 0.647. The molecule has 6 heteroatoms. The molecule has 130 valence electrons. The SMILES string of the molecule is Oc1cccc(CC2CNCCNCCNCCNCCN2)c1. The molecular formula is C17H31N5O. The molecule has 1 atom stereocenters. The summed E-state index contributed by atoms with van der Waals surface area (Å²) in [5.74, 6) is 0.339. The summed E-state index contributed by atoms with van der Waals surface area (Å²) in [4.78, 5) is 0. The minimum absolute atomic E-state index is 0.339. The number of rotatable bonds is 2. The lowest BCUT2D eigenvalue weighted by Gasteiger charge is -2.20. The van der Waals surface area contributed by atoms with Crippen LogP contribution in [-0.4, -0.2) is 70.1 Å². The van der Waals surface area contributed by atoms with Crippen LogP contribution < -0.4 is 26.6 Å². The van der Waals surface area contributed by atoms with E-state index in [0.717, 1.165) is 70.9 Å². The van der Waals surface area contributed by atoms with E-state index in [1.807, 2.05) is 12.1 Å². The molecule has 6 nitrogen and oxygen atoms in total. The molecule has 1 aromatic rings. The summed E-state index contributed by atoms with van der Waals surface area (Å²) in [7, 11) is 0. The largest absolute Gasteiger partial charge is 0.508 e. The highest BCUT2D eigenvalue weighted by molar-refractivity contribution is 5.27. The van der Waals surface area contributed by atoms with Crippen molar-refractivity contribution in [1.29, 1.82) is 0 Å². The summed E-state index contributed by atoms with van der Waals surface area (Å²) in [5, 5.41) is 27.0. The van der Waals surface area contributed by atoms with Gasteiger partial charge in [-0.2, -0.15) is 0 Å². The first kappa shape index (κ1) is 18.2. The lowest BCUT2D eigenvalue weighted by Crippen LogP contribution is -2.44. The molecule has 0 amide bonds. The van der Waals surface area contributed by atoms with E-state index in [9.17, 15) is 5.11 Å². The first-order chi connectivity index (χ1) is 11.3. The summed E-state index contributed by atoms with van der Waals surface area (Å²) >= 11 is 0. The molecule has 1 saturated heterocycles. The summed E-state index contributed by atoms with van der Waals surface area (Å²) in [5.41, 5.74) is 1.16. The molecule has 0 saturated carbocycles. The number of nitrogens with one attached hydrogen (secondary N) is 5. The van der Waals surface area contributed by atoms with Gasteiger partial charge in [0.2, 0.25) is 0 Å². The average molecular weight is 321 g/mol. The second-order valence-electron chi connectivity index (χ2n) is 5.98. The van der Waals surface area contributed by atoms with Crippen LogP contribution in [0.1, 0.15) is 5.56 Å². The lowest BCUT2D eigenvalue weighted by atomic mass is 10.1. The Morgan fingerprint density at radius 3 is 2.09 bits per heavy atom. The molecule has 0 radical (unpaired) electrons. The van der Waals surface area contributed by atoms with E-state index in [1.54, 1.807) is 6.07 Å². The standard InChI is InChI=1S/C17H31N5O/c23-17-3-1-2-15(13-17)12-16-14-21-9-8-19-5-4-18-6-7-20-10-11-22-16/h1-3,13,16,18-23H,4-12,14H2. The number of hydrogen-bond acceptors (Lipinski definition) is 6. The van der Waals surface area contributed by atoms with Crippen LogP contribution >= 0.6 is 0 Å². The van der Waals surface area contributed by atoms with Gasteiger partial charge < -0.3 is 31.7 Å². The fourth-order valence-electron chi connectivity index (χ4n) is 2.73. The molecule has 1 fully saturated rings. The third-order valence-corrected chi connectivity index (χ3v) is 3.95. The highest BCUT2D eigenvalue weighted by Gasteiger charge is 2.09. The van der Waals surface area contributed by atoms with Crippen LogP contribution in [0.3, 0.4) is 0 Å². The number of phenols is 1.